The normalized spacial score (nSPS) is 12.3. The molecule has 2 N–H and O–H groups in total. The number of anilines is 2. The lowest BCUT2D eigenvalue weighted by Crippen LogP contribution is -2.11. The summed E-state index contributed by atoms with van der Waals surface area (Å²) < 4.78 is 5.08. The first kappa shape index (κ1) is 16.8. The van der Waals surface area contributed by atoms with Crippen LogP contribution in [0.1, 0.15) is 31.4 Å². The van der Waals surface area contributed by atoms with Crippen molar-refractivity contribution in [3.8, 4) is 0 Å². The Hall–Kier alpha value is -3.38. The highest BCUT2D eigenvalue weighted by Crippen LogP contribution is 2.35. The number of aryl methyl sites for hydroxylation is 2. The van der Waals surface area contributed by atoms with Crippen molar-refractivity contribution in [3.05, 3.63) is 82.6 Å². The summed E-state index contributed by atoms with van der Waals surface area (Å²) in [5.74, 6) is -0.305. The van der Waals surface area contributed by atoms with Crippen molar-refractivity contribution in [2.24, 2.45) is 0 Å². The van der Waals surface area contributed by atoms with Gasteiger partial charge in [0.1, 0.15) is 0 Å². The van der Waals surface area contributed by atoms with Gasteiger partial charge in [0.25, 0.3) is 11.8 Å². The Morgan fingerprint density at radius 3 is 2.54 bits per heavy atom. The molecule has 138 valence electrons. The Morgan fingerprint density at radius 2 is 1.71 bits per heavy atom. The number of amides is 2. The molecule has 5 rings (SSSR count). The van der Waals surface area contributed by atoms with Crippen LogP contribution in [-0.4, -0.2) is 11.8 Å². The van der Waals surface area contributed by atoms with E-state index in [2.05, 4.69) is 22.8 Å². The summed E-state index contributed by atoms with van der Waals surface area (Å²) in [7, 11) is 0. The molecule has 2 aromatic carbocycles. The molecule has 0 radical (unpaired) electrons. The summed E-state index contributed by atoms with van der Waals surface area (Å²) in [5.41, 5.74) is 3.48. The van der Waals surface area contributed by atoms with Gasteiger partial charge in [0.2, 0.25) is 0 Å². The first-order valence-electron chi connectivity index (χ1n) is 8.98. The average Bonchev–Trinajstić information content (AvgIpc) is 3.45. The second-order valence-electron chi connectivity index (χ2n) is 6.66. The Bertz CT molecular complexity index is 1200. The lowest BCUT2D eigenvalue weighted by atomic mass is 10.0. The van der Waals surface area contributed by atoms with Gasteiger partial charge in [-0.15, -0.1) is 11.3 Å². The third-order valence-electron chi connectivity index (χ3n) is 4.94. The van der Waals surface area contributed by atoms with Crippen LogP contribution in [0.4, 0.5) is 10.7 Å². The second kappa shape index (κ2) is 6.65. The molecule has 0 aliphatic heterocycles. The molecule has 5 nitrogen and oxygen atoms in total. The zero-order valence-electron chi connectivity index (χ0n) is 14.8. The van der Waals surface area contributed by atoms with Crippen molar-refractivity contribution in [1.82, 2.24) is 0 Å². The quantitative estimate of drug-likeness (QED) is 0.511. The van der Waals surface area contributed by atoms with Crippen molar-refractivity contribution >= 4 is 44.6 Å². The molecule has 0 bridgehead atoms. The number of thiophene rings is 1. The number of hydrogen-bond donors (Lipinski definition) is 2. The third-order valence-corrected chi connectivity index (χ3v) is 5.94. The molecule has 2 heterocycles. The molecule has 1 aliphatic rings. The number of benzene rings is 2. The van der Waals surface area contributed by atoms with Crippen LogP contribution in [0.15, 0.2) is 65.3 Å². The maximum Gasteiger partial charge on any atom is 0.291 e. The number of nitrogens with one attached hydrogen (secondary N) is 2. The monoisotopic (exact) mass is 388 g/mol. The van der Waals surface area contributed by atoms with Gasteiger partial charge in [-0.05, 0) is 59.7 Å². The van der Waals surface area contributed by atoms with E-state index in [-0.39, 0.29) is 17.6 Å². The zero-order valence-corrected chi connectivity index (χ0v) is 15.6. The second-order valence-corrected chi connectivity index (χ2v) is 7.75. The minimum atomic E-state index is -0.341. The molecule has 0 unspecified atom stereocenters. The van der Waals surface area contributed by atoms with E-state index < -0.39 is 0 Å². The highest BCUT2D eigenvalue weighted by molar-refractivity contribution is 7.18. The van der Waals surface area contributed by atoms with Crippen molar-refractivity contribution in [3.63, 3.8) is 0 Å². The summed E-state index contributed by atoms with van der Waals surface area (Å²) >= 11 is 1.22. The molecule has 6 heteroatoms. The van der Waals surface area contributed by atoms with Gasteiger partial charge >= 0.3 is 0 Å². The fraction of sp³-hybridized carbons (Fsp3) is 0.0909. The minimum Gasteiger partial charge on any atom is -0.459 e. The first-order chi connectivity index (χ1) is 13.7. The lowest BCUT2D eigenvalue weighted by molar-refractivity contribution is 0.0995. The van der Waals surface area contributed by atoms with E-state index in [9.17, 15) is 9.59 Å². The zero-order chi connectivity index (χ0) is 19.1. The largest absolute Gasteiger partial charge is 0.459 e. The molecule has 4 aromatic rings. The van der Waals surface area contributed by atoms with Gasteiger partial charge in [0.05, 0.1) is 16.1 Å². The molecule has 1 aliphatic carbocycles. The summed E-state index contributed by atoms with van der Waals surface area (Å²) in [6.07, 6.45) is 3.54. The molecule has 0 saturated carbocycles. The molecule has 0 fully saturated rings. The van der Waals surface area contributed by atoms with Crippen molar-refractivity contribution in [2.45, 2.75) is 12.8 Å². The Labute approximate surface area is 165 Å². The van der Waals surface area contributed by atoms with Gasteiger partial charge in [-0.25, -0.2) is 0 Å². The van der Waals surface area contributed by atoms with Crippen LogP contribution in [0.25, 0.3) is 10.8 Å². The third kappa shape index (κ3) is 2.88. The van der Waals surface area contributed by atoms with Gasteiger partial charge < -0.3 is 15.1 Å². The molecule has 0 spiro atoms. The molecule has 0 saturated heterocycles. The van der Waals surface area contributed by atoms with Crippen LogP contribution in [0.5, 0.6) is 0 Å². The van der Waals surface area contributed by atoms with Crippen LogP contribution < -0.4 is 10.6 Å². The van der Waals surface area contributed by atoms with Gasteiger partial charge in [0, 0.05) is 11.1 Å². The van der Waals surface area contributed by atoms with Gasteiger partial charge in [-0.2, -0.15) is 0 Å². The molecule has 0 atom stereocenters. The van der Waals surface area contributed by atoms with Crippen LogP contribution in [-0.2, 0) is 12.8 Å². The maximum atomic E-state index is 12.7. The SMILES string of the molecule is O=C(Nc1ccc(C(=O)Nc2ccc3c4c(cccc24)CC3)s1)c1ccco1. The standard InChI is InChI=1S/C22H16N2O3S/c25-21(17-5-2-12-27-17)24-19-11-10-18(28-19)22(26)23-16-9-8-14-7-6-13-3-1-4-15(16)20(13)14/h1-5,8-12H,6-7H2,(H,23,26)(H,24,25). The van der Waals surface area contributed by atoms with E-state index in [1.165, 1.54) is 34.1 Å². The van der Waals surface area contributed by atoms with E-state index in [4.69, 9.17) is 4.42 Å². The Balaban J connectivity index is 1.36. The number of rotatable bonds is 4. The highest BCUT2D eigenvalue weighted by Gasteiger charge is 2.18. The first-order valence-corrected chi connectivity index (χ1v) is 9.80. The fourth-order valence-electron chi connectivity index (χ4n) is 3.65. The van der Waals surface area contributed by atoms with E-state index in [0.717, 1.165) is 23.9 Å². The van der Waals surface area contributed by atoms with E-state index in [0.29, 0.717) is 9.88 Å². The minimum absolute atomic E-state index is 0.192. The van der Waals surface area contributed by atoms with E-state index in [1.54, 1.807) is 24.3 Å². The average molecular weight is 388 g/mol. The fourth-order valence-corrected chi connectivity index (χ4v) is 4.44. The predicted molar refractivity (Wildman–Crippen MR) is 110 cm³/mol. The van der Waals surface area contributed by atoms with Gasteiger partial charge in [-0.3, -0.25) is 9.59 Å². The van der Waals surface area contributed by atoms with Crippen molar-refractivity contribution < 1.29 is 14.0 Å². The van der Waals surface area contributed by atoms with Crippen LogP contribution in [0.3, 0.4) is 0 Å². The highest BCUT2D eigenvalue weighted by atomic mass is 32.1. The number of carbonyl (C=O) groups excluding carboxylic acids is 2. The molecule has 28 heavy (non-hydrogen) atoms. The van der Waals surface area contributed by atoms with Crippen LogP contribution in [0, 0.1) is 0 Å². The Morgan fingerprint density at radius 1 is 0.857 bits per heavy atom. The molecular weight excluding hydrogens is 372 g/mol. The number of hydrogen-bond acceptors (Lipinski definition) is 4. The molecular formula is C22H16N2O3S. The number of furan rings is 1. The van der Waals surface area contributed by atoms with Crippen molar-refractivity contribution in [1.29, 1.82) is 0 Å². The summed E-state index contributed by atoms with van der Waals surface area (Å²) in [4.78, 5) is 25.3. The van der Waals surface area contributed by atoms with E-state index >= 15 is 0 Å². The molecule has 2 aromatic heterocycles. The topological polar surface area (TPSA) is 71.3 Å². The smallest absolute Gasteiger partial charge is 0.291 e. The maximum absolute atomic E-state index is 12.7. The summed E-state index contributed by atoms with van der Waals surface area (Å²) in [6.45, 7) is 0. The molecule has 2 amide bonds. The van der Waals surface area contributed by atoms with Crippen molar-refractivity contribution in [2.75, 3.05) is 10.6 Å². The Kier molecular flexibility index (Phi) is 3.98. The van der Waals surface area contributed by atoms with Gasteiger partial charge in [-0.1, -0.05) is 24.3 Å². The lowest BCUT2D eigenvalue weighted by Gasteiger charge is -2.10. The van der Waals surface area contributed by atoms with Gasteiger partial charge in [0.15, 0.2) is 5.76 Å². The van der Waals surface area contributed by atoms with Crippen LogP contribution in [0.2, 0.25) is 0 Å². The van der Waals surface area contributed by atoms with Crippen LogP contribution >= 0.6 is 11.3 Å². The summed E-state index contributed by atoms with van der Waals surface area (Å²) in [5, 5.41) is 8.68. The summed E-state index contributed by atoms with van der Waals surface area (Å²) in [6, 6.07) is 17.0. The van der Waals surface area contributed by atoms with E-state index in [1.807, 2.05) is 18.2 Å². The number of carbonyl (C=O) groups is 2. The predicted octanol–water partition coefficient (Wildman–Crippen LogP) is 5.10.